The van der Waals surface area contributed by atoms with Gasteiger partial charge in [-0.15, -0.1) is 0 Å². The number of amides is 1. The molecule has 0 fully saturated rings. The van der Waals surface area contributed by atoms with E-state index in [1.807, 2.05) is 30.3 Å². The Morgan fingerprint density at radius 2 is 1.70 bits per heavy atom. The third-order valence-corrected chi connectivity index (χ3v) is 5.98. The van der Waals surface area contributed by atoms with E-state index in [0.717, 1.165) is 16.5 Å². The van der Waals surface area contributed by atoms with E-state index in [2.05, 4.69) is 10.3 Å². The van der Waals surface area contributed by atoms with Gasteiger partial charge in [-0.25, -0.2) is 9.59 Å². The Balaban J connectivity index is 1.37. The first-order chi connectivity index (χ1) is 19.2. The molecule has 40 heavy (non-hydrogen) atoms. The predicted molar refractivity (Wildman–Crippen MR) is 150 cm³/mol. The van der Waals surface area contributed by atoms with Gasteiger partial charge in [-0.05, 0) is 56.7 Å². The number of fused-ring (bicyclic) bond motifs is 2. The molecule has 5 aromatic rings. The molecule has 1 atom stereocenters. The molecule has 3 aromatic carbocycles. The van der Waals surface area contributed by atoms with Crippen LogP contribution < -0.4 is 20.2 Å². The summed E-state index contributed by atoms with van der Waals surface area (Å²) in [5.41, 5.74) is 0.819. The Kier molecular flexibility index (Phi) is 7.29. The zero-order valence-corrected chi connectivity index (χ0v) is 22.2. The smallest absolute Gasteiger partial charge is 0.408 e. The summed E-state index contributed by atoms with van der Waals surface area (Å²) < 4.78 is 22.3. The van der Waals surface area contributed by atoms with Crippen molar-refractivity contribution in [2.75, 3.05) is 0 Å². The number of H-pyrrole nitrogens is 1. The number of benzene rings is 3. The topological polar surface area (TPSA) is 120 Å². The van der Waals surface area contributed by atoms with Gasteiger partial charge in [0.2, 0.25) is 11.2 Å². The maximum absolute atomic E-state index is 13.3. The lowest BCUT2D eigenvalue weighted by Gasteiger charge is -2.23. The second-order valence-corrected chi connectivity index (χ2v) is 10.2. The summed E-state index contributed by atoms with van der Waals surface area (Å²) in [6.45, 7) is 5.20. The van der Waals surface area contributed by atoms with Gasteiger partial charge in [0.05, 0.1) is 5.39 Å². The van der Waals surface area contributed by atoms with E-state index in [1.165, 1.54) is 24.5 Å². The van der Waals surface area contributed by atoms with Gasteiger partial charge in [-0.3, -0.25) is 4.79 Å². The van der Waals surface area contributed by atoms with E-state index < -0.39 is 23.7 Å². The molecule has 2 N–H and O–H groups in total. The molecule has 204 valence electrons. The fourth-order valence-electron chi connectivity index (χ4n) is 4.19. The molecular formula is C31H28N2O7. The third kappa shape index (κ3) is 6.15. The summed E-state index contributed by atoms with van der Waals surface area (Å²) in [7, 11) is 0. The number of aromatic nitrogens is 1. The average molecular weight is 541 g/mol. The molecule has 0 bridgehead atoms. The summed E-state index contributed by atoms with van der Waals surface area (Å²) in [4.78, 5) is 42.0. The Hall–Kier alpha value is -5.05. The van der Waals surface area contributed by atoms with E-state index in [0.29, 0.717) is 5.75 Å². The first-order valence-electron chi connectivity index (χ1n) is 12.7. The van der Waals surface area contributed by atoms with Crippen molar-refractivity contribution in [2.45, 2.75) is 38.8 Å². The minimum absolute atomic E-state index is 0.0313. The van der Waals surface area contributed by atoms with Crippen molar-refractivity contribution in [2.24, 2.45) is 0 Å². The van der Waals surface area contributed by atoms with Crippen LogP contribution in [0.2, 0.25) is 0 Å². The number of carbonyl (C=O) groups excluding carboxylic acids is 2. The number of para-hydroxylation sites is 2. The van der Waals surface area contributed by atoms with E-state index in [4.69, 9.17) is 18.6 Å². The Morgan fingerprint density at radius 3 is 2.48 bits per heavy atom. The van der Waals surface area contributed by atoms with Crippen LogP contribution in [0.15, 0.2) is 94.5 Å². The van der Waals surface area contributed by atoms with Gasteiger partial charge in [0.15, 0.2) is 0 Å². The quantitative estimate of drug-likeness (QED) is 0.189. The van der Waals surface area contributed by atoms with Crippen LogP contribution in [0.25, 0.3) is 21.9 Å². The number of esters is 1. The fourth-order valence-corrected chi connectivity index (χ4v) is 4.19. The molecule has 5 rings (SSSR count). The number of nitrogens with one attached hydrogen (secondary N) is 2. The van der Waals surface area contributed by atoms with E-state index in [-0.39, 0.29) is 34.3 Å². The van der Waals surface area contributed by atoms with Crippen molar-refractivity contribution in [3.63, 3.8) is 0 Å². The summed E-state index contributed by atoms with van der Waals surface area (Å²) >= 11 is 0. The molecule has 0 aliphatic carbocycles. The van der Waals surface area contributed by atoms with Gasteiger partial charge in [0, 0.05) is 29.6 Å². The van der Waals surface area contributed by atoms with Gasteiger partial charge in [0.1, 0.15) is 35.0 Å². The Labute approximate surface area is 229 Å². The van der Waals surface area contributed by atoms with Crippen LogP contribution in [0.1, 0.15) is 26.3 Å². The summed E-state index contributed by atoms with van der Waals surface area (Å²) in [6, 6.07) is 19.9. The summed E-state index contributed by atoms with van der Waals surface area (Å²) in [5.74, 6) is -0.0311. The zero-order chi connectivity index (χ0) is 28.3. The van der Waals surface area contributed by atoms with Crippen molar-refractivity contribution >= 4 is 33.9 Å². The SMILES string of the molecule is CC(C)(C)OC(=O)N[C@H](Cc1c[nH]c2ccccc12)C(=O)Oc1ccc2c(=O)c(Oc3ccccc3)coc2c1. The van der Waals surface area contributed by atoms with Gasteiger partial charge in [-0.2, -0.15) is 0 Å². The molecule has 9 nitrogen and oxygen atoms in total. The van der Waals surface area contributed by atoms with Gasteiger partial charge in [0.25, 0.3) is 0 Å². The maximum Gasteiger partial charge on any atom is 0.408 e. The number of alkyl carbamates (subject to hydrolysis) is 1. The molecular weight excluding hydrogens is 512 g/mol. The maximum atomic E-state index is 13.3. The van der Waals surface area contributed by atoms with Crippen LogP contribution in [-0.2, 0) is 16.0 Å². The van der Waals surface area contributed by atoms with Crippen LogP contribution in [0.4, 0.5) is 4.79 Å². The van der Waals surface area contributed by atoms with Crippen LogP contribution in [-0.4, -0.2) is 28.7 Å². The molecule has 9 heteroatoms. The summed E-state index contributed by atoms with van der Waals surface area (Å²) in [6.07, 6.45) is 2.42. The largest absolute Gasteiger partial charge is 0.460 e. The average Bonchev–Trinajstić information content (AvgIpc) is 3.32. The summed E-state index contributed by atoms with van der Waals surface area (Å²) in [5, 5.41) is 3.82. The second-order valence-electron chi connectivity index (χ2n) is 10.2. The second kappa shape index (κ2) is 11.0. The van der Waals surface area contributed by atoms with Crippen molar-refractivity contribution in [1.29, 1.82) is 0 Å². The number of hydrogen-bond acceptors (Lipinski definition) is 7. The first-order valence-corrected chi connectivity index (χ1v) is 12.7. The minimum Gasteiger partial charge on any atom is -0.460 e. The Morgan fingerprint density at radius 1 is 0.950 bits per heavy atom. The first kappa shape index (κ1) is 26.6. The molecule has 0 saturated heterocycles. The molecule has 0 aliphatic rings. The van der Waals surface area contributed by atoms with E-state index >= 15 is 0 Å². The molecule has 0 spiro atoms. The standard InChI is InChI=1S/C31H28N2O7/c1-31(2,3)40-30(36)33-25(15-19-17-32-24-12-8-7-11-22(19)24)29(35)39-21-13-14-23-26(16-21)37-18-27(28(23)34)38-20-9-5-4-6-10-20/h4-14,16-18,25,32H,15H2,1-3H3,(H,33,36)/t25-/m1/s1. The van der Waals surface area contributed by atoms with Crippen molar-refractivity contribution in [1.82, 2.24) is 10.3 Å². The zero-order valence-electron chi connectivity index (χ0n) is 22.2. The van der Waals surface area contributed by atoms with Crippen molar-refractivity contribution < 1.29 is 28.2 Å². The third-order valence-electron chi connectivity index (χ3n) is 5.98. The predicted octanol–water partition coefficient (Wildman–Crippen LogP) is 6.11. The number of hydrogen-bond donors (Lipinski definition) is 2. The number of rotatable bonds is 7. The molecule has 2 aromatic heterocycles. The fraction of sp³-hybridized carbons (Fsp3) is 0.194. The number of carbonyl (C=O) groups is 2. The number of ether oxygens (including phenoxy) is 3. The van der Waals surface area contributed by atoms with Crippen LogP contribution in [0.5, 0.6) is 17.2 Å². The van der Waals surface area contributed by atoms with Crippen LogP contribution >= 0.6 is 0 Å². The molecule has 2 heterocycles. The van der Waals surface area contributed by atoms with E-state index in [9.17, 15) is 14.4 Å². The van der Waals surface area contributed by atoms with Gasteiger partial charge < -0.3 is 28.9 Å². The molecule has 1 amide bonds. The lowest BCUT2D eigenvalue weighted by Crippen LogP contribution is -2.46. The number of aromatic amines is 1. The Bertz CT molecular complexity index is 1730. The van der Waals surface area contributed by atoms with Crippen LogP contribution in [0.3, 0.4) is 0 Å². The highest BCUT2D eigenvalue weighted by Crippen LogP contribution is 2.25. The van der Waals surface area contributed by atoms with Crippen LogP contribution in [0, 0.1) is 0 Å². The van der Waals surface area contributed by atoms with Crippen molar-refractivity contribution in [3.05, 3.63) is 101 Å². The highest BCUT2D eigenvalue weighted by molar-refractivity contribution is 5.87. The molecule has 0 aliphatic heterocycles. The highest BCUT2D eigenvalue weighted by Gasteiger charge is 2.27. The molecule has 0 radical (unpaired) electrons. The van der Waals surface area contributed by atoms with Gasteiger partial charge >= 0.3 is 12.1 Å². The van der Waals surface area contributed by atoms with Gasteiger partial charge in [-0.1, -0.05) is 36.4 Å². The molecule has 0 unspecified atom stereocenters. The van der Waals surface area contributed by atoms with Crippen molar-refractivity contribution in [3.8, 4) is 17.2 Å². The lowest BCUT2D eigenvalue weighted by atomic mass is 10.1. The molecule has 0 saturated carbocycles. The normalized spacial score (nSPS) is 12.2. The minimum atomic E-state index is -1.06. The van der Waals surface area contributed by atoms with E-state index in [1.54, 1.807) is 51.2 Å². The monoisotopic (exact) mass is 540 g/mol. The lowest BCUT2D eigenvalue weighted by molar-refractivity contribution is -0.136. The highest BCUT2D eigenvalue weighted by atomic mass is 16.6.